The molecule has 118 valence electrons. The molecule has 1 saturated carbocycles. The summed E-state index contributed by atoms with van der Waals surface area (Å²) in [5, 5.41) is 16.2. The highest BCUT2D eigenvalue weighted by atomic mass is 16.3. The second-order valence-electron chi connectivity index (χ2n) is 6.33. The number of aryl methyl sites for hydroxylation is 1. The van der Waals surface area contributed by atoms with Crippen LogP contribution in [-0.2, 0) is 6.42 Å². The van der Waals surface area contributed by atoms with Gasteiger partial charge in [-0.2, -0.15) is 0 Å². The van der Waals surface area contributed by atoms with Crippen LogP contribution >= 0.6 is 0 Å². The maximum Gasteiger partial charge on any atom is 0.314 e. The zero-order chi connectivity index (χ0) is 15.6. The number of aromatic amines is 1. The van der Waals surface area contributed by atoms with Gasteiger partial charge in [0.05, 0.1) is 6.61 Å². The van der Waals surface area contributed by atoms with E-state index in [2.05, 4.69) is 40.7 Å². The fraction of sp³-hybridized carbons (Fsp3) is 0.471. The standard InChI is InChI=1S/C17H23N3O2/c1-12-3-2-4-14-13(9-19-15(12)14)5-8-18-16(22)20-10-17(11-21)6-7-17/h2-4,9,19,21H,5-8,10-11H2,1H3,(H2,18,20,22). The molecule has 1 heterocycles. The van der Waals surface area contributed by atoms with Crippen molar-refractivity contribution in [3.05, 3.63) is 35.5 Å². The van der Waals surface area contributed by atoms with Crippen LogP contribution in [0, 0.1) is 12.3 Å². The van der Waals surface area contributed by atoms with Crippen LogP contribution < -0.4 is 10.6 Å². The van der Waals surface area contributed by atoms with E-state index in [-0.39, 0.29) is 18.1 Å². The number of rotatable bonds is 6. The number of aliphatic hydroxyl groups excluding tert-OH is 1. The monoisotopic (exact) mass is 301 g/mol. The summed E-state index contributed by atoms with van der Waals surface area (Å²) < 4.78 is 0. The van der Waals surface area contributed by atoms with Crippen LogP contribution in [0.5, 0.6) is 0 Å². The van der Waals surface area contributed by atoms with E-state index in [4.69, 9.17) is 0 Å². The van der Waals surface area contributed by atoms with Gasteiger partial charge in [-0.05, 0) is 37.3 Å². The second kappa shape index (κ2) is 6.01. The maximum absolute atomic E-state index is 11.8. The van der Waals surface area contributed by atoms with Crippen molar-refractivity contribution in [2.45, 2.75) is 26.2 Å². The van der Waals surface area contributed by atoms with Gasteiger partial charge in [-0.1, -0.05) is 18.2 Å². The van der Waals surface area contributed by atoms with Gasteiger partial charge in [-0.3, -0.25) is 0 Å². The molecule has 5 nitrogen and oxygen atoms in total. The molecule has 0 saturated heterocycles. The second-order valence-corrected chi connectivity index (χ2v) is 6.33. The number of fused-ring (bicyclic) bond motifs is 1. The van der Waals surface area contributed by atoms with Crippen LogP contribution in [-0.4, -0.2) is 35.8 Å². The van der Waals surface area contributed by atoms with Crippen LogP contribution in [0.25, 0.3) is 10.9 Å². The molecule has 0 unspecified atom stereocenters. The average molecular weight is 301 g/mol. The number of carbonyl (C=O) groups excluding carboxylic acids is 1. The molecule has 1 aromatic heterocycles. The molecule has 0 atom stereocenters. The molecule has 1 fully saturated rings. The minimum atomic E-state index is -0.157. The summed E-state index contributed by atoms with van der Waals surface area (Å²) in [5.41, 5.74) is 3.56. The molecule has 1 aliphatic carbocycles. The predicted octanol–water partition coefficient (Wildman–Crippen LogP) is 2.09. The Morgan fingerprint density at radius 2 is 2.18 bits per heavy atom. The molecular formula is C17H23N3O2. The number of benzene rings is 1. The summed E-state index contributed by atoms with van der Waals surface area (Å²) >= 11 is 0. The van der Waals surface area contributed by atoms with Crippen LogP contribution in [0.3, 0.4) is 0 Å². The number of aromatic nitrogens is 1. The Labute approximate surface area is 130 Å². The van der Waals surface area contributed by atoms with Crippen LogP contribution in [0.4, 0.5) is 4.79 Å². The number of nitrogens with one attached hydrogen (secondary N) is 3. The van der Waals surface area contributed by atoms with Gasteiger partial charge in [0.25, 0.3) is 0 Å². The van der Waals surface area contributed by atoms with Gasteiger partial charge in [0.2, 0.25) is 0 Å². The van der Waals surface area contributed by atoms with Gasteiger partial charge < -0.3 is 20.7 Å². The summed E-state index contributed by atoms with van der Waals surface area (Å²) in [6, 6.07) is 6.09. The summed E-state index contributed by atoms with van der Waals surface area (Å²) in [7, 11) is 0. The molecule has 3 rings (SSSR count). The Bertz CT molecular complexity index is 674. The van der Waals surface area contributed by atoms with Crippen LogP contribution in [0.2, 0.25) is 0 Å². The highest BCUT2D eigenvalue weighted by Crippen LogP contribution is 2.44. The normalized spacial score (nSPS) is 15.7. The van der Waals surface area contributed by atoms with Crippen molar-refractivity contribution in [2.75, 3.05) is 19.7 Å². The SMILES string of the molecule is Cc1cccc2c(CCNC(=O)NCC3(CO)CC3)c[nH]c12. The predicted molar refractivity (Wildman–Crippen MR) is 86.9 cm³/mol. The average Bonchev–Trinajstić information content (AvgIpc) is 3.19. The van der Waals surface area contributed by atoms with Crippen molar-refractivity contribution < 1.29 is 9.90 Å². The molecule has 5 heteroatoms. The number of H-pyrrole nitrogens is 1. The van der Waals surface area contributed by atoms with Crippen molar-refractivity contribution in [3.63, 3.8) is 0 Å². The number of carbonyl (C=O) groups is 1. The van der Waals surface area contributed by atoms with E-state index in [9.17, 15) is 9.90 Å². The van der Waals surface area contributed by atoms with E-state index >= 15 is 0 Å². The minimum absolute atomic E-state index is 0.0499. The van der Waals surface area contributed by atoms with Crippen molar-refractivity contribution in [1.82, 2.24) is 15.6 Å². The summed E-state index contributed by atoms with van der Waals surface area (Å²) in [5.74, 6) is 0. The summed E-state index contributed by atoms with van der Waals surface area (Å²) in [6.07, 6.45) is 4.81. The Balaban J connectivity index is 1.48. The number of para-hydroxylation sites is 1. The quantitative estimate of drug-likeness (QED) is 0.659. The first kappa shape index (κ1) is 14.9. The van der Waals surface area contributed by atoms with E-state index < -0.39 is 0 Å². The van der Waals surface area contributed by atoms with Gasteiger partial charge >= 0.3 is 6.03 Å². The van der Waals surface area contributed by atoms with Crippen molar-refractivity contribution in [1.29, 1.82) is 0 Å². The maximum atomic E-state index is 11.8. The first-order chi connectivity index (χ1) is 10.6. The zero-order valence-electron chi connectivity index (χ0n) is 12.9. The Kier molecular flexibility index (Phi) is 4.07. The third kappa shape index (κ3) is 3.09. The third-order valence-electron chi connectivity index (χ3n) is 4.61. The molecule has 22 heavy (non-hydrogen) atoms. The lowest BCUT2D eigenvalue weighted by molar-refractivity contribution is 0.203. The number of aliphatic hydroxyl groups is 1. The minimum Gasteiger partial charge on any atom is -0.396 e. The smallest absolute Gasteiger partial charge is 0.314 e. The topological polar surface area (TPSA) is 77.2 Å². The molecule has 2 amide bonds. The Hall–Kier alpha value is -2.01. The number of amides is 2. The molecule has 0 aliphatic heterocycles. The van der Waals surface area contributed by atoms with E-state index in [1.807, 2.05) is 6.20 Å². The number of hydrogen-bond acceptors (Lipinski definition) is 2. The lowest BCUT2D eigenvalue weighted by Gasteiger charge is -2.13. The van der Waals surface area contributed by atoms with Gasteiger partial charge in [0, 0.05) is 35.6 Å². The first-order valence-electron chi connectivity index (χ1n) is 7.82. The molecule has 0 radical (unpaired) electrons. The molecule has 2 aromatic rings. The van der Waals surface area contributed by atoms with Gasteiger partial charge in [-0.15, -0.1) is 0 Å². The first-order valence-corrected chi connectivity index (χ1v) is 7.82. The van der Waals surface area contributed by atoms with Crippen molar-refractivity contribution in [3.8, 4) is 0 Å². The number of hydrogen-bond donors (Lipinski definition) is 4. The van der Waals surface area contributed by atoms with E-state index in [1.165, 1.54) is 22.0 Å². The largest absolute Gasteiger partial charge is 0.396 e. The van der Waals surface area contributed by atoms with Gasteiger partial charge in [0.1, 0.15) is 0 Å². The van der Waals surface area contributed by atoms with Gasteiger partial charge in [-0.25, -0.2) is 4.79 Å². The van der Waals surface area contributed by atoms with Gasteiger partial charge in [0.15, 0.2) is 0 Å². The molecule has 0 spiro atoms. The summed E-state index contributed by atoms with van der Waals surface area (Å²) in [6.45, 7) is 3.39. The third-order valence-corrected chi connectivity index (χ3v) is 4.61. The zero-order valence-corrected chi connectivity index (χ0v) is 12.9. The molecule has 0 bridgehead atoms. The highest BCUT2D eigenvalue weighted by Gasteiger charge is 2.42. The van der Waals surface area contributed by atoms with Crippen molar-refractivity contribution >= 4 is 16.9 Å². The fourth-order valence-corrected chi connectivity index (χ4v) is 2.78. The number of urea groups is 1. The summed E-state index contributed by atoms with van der Waals surface area (Å²) in [4.78, 5) is 15.1. The van der Waals surface area contributed by atoms with E-state index in [0.29, 0.717) is 13.1 Å². The van der Waals surface area contributed by atoms with Crippen molar-refractivity contribution in [2.24, 2.45) is 5.41 Å². The lowest BCUT2D eigenvalue weighted by Crippen LogP contribution is -2.40. The Morgan fingerprint density at radius 1 is 1.36 bits per heavy atom. The molecular weight excluding hydrogens is 278 g/mol. The van der Waals surface area contributed by atoms with E-state index in [1.54, 1.807) is 0 Å². The highest BCUT2D eigenvalue weighted by molar-refractivity contribution is 5.85. The van der Waals surface area contributed by atoms with Crippen LogP contribution in [0.15, 0.2) is 24.4 Å². The van der Waals surface area contributed by atoms with E-state index in [0.717, 1.165) is 19.3 Å². The fourth-order valence-electron chi connectivity index (χ4n) is 2.78. The lowest BCUT2D eigenvalue weighted by atomic mass is 10.1. The van der Waals surface area contributed by atoms with Crippen LogP contribution in [0.1, 0.15) is 24.0 Å². The molecule has 1 aliphatic rings. The molecule has 4 N–H and O–H groups in total. The Morgan fingerprint density at radius 3 is 2.91 bits per heavy atom. The molecule has 1 aromatic carbocycles.